The van der Waals surface area contributed by atoms with E-state index in [4.69, 9.17) is 4.52 Å². The first-order chi connectivity index (χ1) is 13.6. The average Bonchev–Trinajstić information content (AvgIpc) is 3.36. The number of hydrogen-bond acceptors (Lipinski definition) is 4. The molecule has 6 nitrogen and oxygen atoms in total. The van der Waals surface area contributed by atoms with Crippen molar-refractivity contribution in [3.05, 3.63) is 53.4 Å². The van der Waals surface area contributed by atoms with Crippen LogP contribution in [-0.2, 0) is 16.0 Å². The second-order valence-electron chi connectivity index (χ2n) is 7.99. The van der Waals surface area contributed by atoms with Crippen molar-refractivity contribution in [2.75, 3.05) is 19.6 Å². The van der Waals surface area contributed by atoms with Crippen LogP contribution in [0.25, 0.3) is 0 Å². The topological polar surface area (TPSA) is 66.7 Å². The third kappa shape index (κ3) is 3.55. The zero-order chi connectivity index (χ0) is 19.7. The van der Waals surface area contributed by atoms with Gasteiger partial charge >= 0.3 is 0 Å². The predicted octanol–water partition coefficient (Wildman–Crippen LogP) is 2.98. The Bertz CT molecular complexity index is 848. The molecule has 3 heterocycles. The van der Waals surface area contributed by atoms with Crippen molar-refractivity contribution in [2.24, 2.45) is 11.8 Å². The van der Waals surface area contributed by atoms with Gasteiger partial charge in [-0.05, 0) is 18.9 Å². The lowest BCUT2D eigenvalue weighted by atomic mass is 9.89. The van der Waals surface area contributed by atoms with Gasteiger partial charge < -0.3 is 14.3 Å². The number of aromatic nitrogens is 1. The first-order valence-electron chi connectivity index (χ1n) is 10.1. The van der Waals surface area contributed by atoms with Crippen molar-refractivity contribution >= 4 is 11.8 Å². The lowest BCUT2D eigenvalue weighted by Crippen LogP contribution is -2.37. The number of hydrogen-bond donors (Lipinski definition) is 0. The molecule has 4 rings (SSSR count). The zero-order valence-electron chi connectivity index (χ0n) is 16.5. The van der Waals surface area contributed by atoms with E-state index in [2.05, 4.69) is 22.2 Å². The fourth-order valence-electron chi connectivity index (χ4n) is 4.70. The maximum atomic E-state index is 12.8. The molecule has 0 N–H and O–H groups in total. The van der Waals surface area contributed by atoms with Crippen LogP contribution in [-0.4, -0.2) is 46.4 Å². The summed E-state index contributed by atoms with van der Waals surface area (Å²) in [4.78, 5) is 29.5. The number of nitrogens with zero attached hydrogens (tertiary/aromatic N) is 3. The van der Waals surface area contributed by atoms with Crippen molar-refractivity contribution in [1.29, 1.82) is 0 Å². The number of rotatable bonds is 5. The maximum Gasteiger partial charge on any atom is 0.230 e. The van der Waals surface area contributed by atoms with Gasteiger partial charge in [0.25, 0.3) is 0 Å². The standard InChI is InChI=1S/C22H27N3O3/c1-3-7-20(26)25-13-17-12-24(21(27)11-18-10-15(2)23-28-18)14-19(17)22(25)16-8-5-4-6-9-16/h4-6,8-10,17,19,22H,3,7,11-14H2,1-2H3/t17-,19-,22+/m0/s1. The molecule has 2 fully saturated rings. The number of aryl methyl sites for hydroxylation is 1. The van der Waals surface area contributed by atoms with Gasteiger partial charge in [-0.2, -0.15) is 0 Å². The van der Waals surface area contributed by atoms with E-state index in [0.717, 1.165) is 18.7 Å². The Morgan fingerprint density at radius 2 is 1.93 bits per heavy atom. The highest BCUT2D eigenvalue weighted by Crippen LogP contribution is 2.45. The molecule has 0 radical (unpaired) electrons. The minimum atomic E-state index is 0.0515. The normalized spacial score (nSPS) is 23.9. The molecule has 0 bridgehead atoms. The molecule has 6 heteroatoms. The van der Waals surface area contributed by atoms with E-state index in [1.54, 1.807) is 0 Å². The average molecular weight is 381 g/mol. The Morgan fingerprint density at radius 1 is 1.14 bits per heavy atom. The van der Waals surface area contributed by atoms with Gasteiger partial charge in [-0.3, -0.25) is 9.59 Å². The smallest absolute Gasteiger partial charge is 0.230 e. The van der Waals surface area contributed by atoms with E-state index in [1.165, 1.54) is 5.56 Å². The van der Waals surface area contributed by atoms with Crippen molar-refractivity contribution in [3.8, 4) is 0 Å². The minimum Gasteiger partial charge on any atom is -0.361 e. The predicted molar refractivity (Wildman–Crippen MR) is 104 cm³/mol. The molecule has 2 aliphatic heterocycles. The Kier molecular flexibility index (Phi) is 5.20. The summed E-state index contributed by atoms with van der Waals surface area (Å²) in [5.74, 6) is 1.51. The molecule has 2 saturated heterocycles. The molecule has 28 heavy (non-hydrogen) atoms. The summed E-state index contributed by atoms with van der Waals surface area (Å²) in [6.07, 6.45) is 1.68. The van der Waals surface area contributed by atoms with Crippen LogP contribution >= 0.6 is 0 Å². The summed E-state index contributed by atoms with van der Waals surface area (Å²) in [7, 11) is 0. The maximum absolute atomic E-state index is 12.8. The molecular weight excluding hydrogens is 354 g/mol. The van der Waals surface area contributed by atoms with Crippen molar-refractivity contribution in [3.63, 3.8) is 0 Å². The third-order valence-electron chi connectivity index (χ3n) is 5.94. The van der Waals surface area contributed by atoms with E-state index in [-0.39, 0.29) is 30.2 Å². The van der Waals surface area contributed by atoms with Crippen molar-refractivity contribution in [2.45, 2.75) is 39.2 Å². The number of carbonyl (C=O) groups excluding carboxylic acids is 2. The summed E-state index contributed by atoms with van der Waals surface area (Å²) in [6.45, 7) is 6.01. The number of likely N-dealkylation sites (tertiary alicyclic amines) is 2. The first kappa shape index (κ1) is 18.7. The van der Waals surface area contributed by atoms with E-state index < -0.39 is 0 Å². The highest BCUT2D eigenvalue weighted by molar-refractivity contribution is 5.79. The summed E-state index contributed by atoms with van der Waals surface area (Å²) in [5, 5.41) is 3.86. The number of benzene rings is 1. The number of carbonyl (C=O) groups is 2. The molecule has 2 aliphatic rings. The molecule has 1 aromatic carbocycles. The summed E-state index contributed by atoms with van der Waals surface area (Å²) in [5.41, 5.74) is 1.95. The molecule has 0 aliphatic carbocycles. The van der Waals surface area contributed by atoms with Gasteiger partial charge in [-0.25, -0.2) is 0 Å². The summed E-state index contributed by atoms with van der Waals surface area (Å²) >= 11 is 0. The van der Waals surface area contributed by atoms with Crippen molar-refractivity contribution in [1.82, 2.24) is 15.0 Å². The van der Waals surface area contributed by atoms with Crippen LogP contribution in [0.1, 0.15) is 42.8 Å². The summed E-state index contributed by atoms with van der Waals surface area (Å²) < 4.78 is 5.20. The van der Waals surface area contributed by atoms with Gasteiger partial charge in [-0.15, -0.1) is 0 Å². The lowest BCUT2D eigenvalue weighted by Gasteiger charge is -2.30. The van der Waals surface area contributed by atoms with Crippen LogP contribution < -0.4 is 0 Å². The van der Waals surface area contributed by atoms with Crippen LogP contribution in [0.4, 0.5) is 0 Å². The number of amides is 2. The minimum absolute atomic E-state index is 0.0515. The molecule has 2 aromatic rings. The monoisotopic (exact) mass is 381 g/mol. The SMILES string of the molecule is CCCC(=O)N1C[C@@H]2CN(C(=O)Cc3cc(C)no3)C[C@@H]2[C@H]1c1ccccc1. The van der Waals surface area contributed by atoms with E-state index in [1.807, 2.05) is 43.0 Å². The van der Waals surface area contributed by atoms with Crippen LogP contribution in [0.15, 0.2) is 40.9 Å². The molecule has 0 spiro atoms. The highest BCUT2D eigenvalue weighted by atomic mass is 16.5. The molecule has 0 saturated carbocycles. The quantitative estimate of drug-likeness (QED) is 0.799. The Labute approximate surface area is 165 Å². The van der Waals surface area contributed by atoms with Crippen molar-refractivity contribution < 1.29 is 14.1 Å². The Hall–Kier alpha value is -2.63. The fraction of sp³-hybridized carbons (Fsp3) is 0.500. The van der Waals surface area contributed by atoms with Gasteiger partial charge in [0.1, 0.15) is 5.76 Å². The van der Waals surface area contributed by atoms with Gasteiger partial charge in [0.15, 0.2) is 0 Å². The molecule has 0 unspecified atom stereocenters. The molecular formula is C22H27N3O3. The van der Waals surface area contributed by atoms with Gasteiger partial charge in [0.2, 0.25) is 11.8 Å². The van der Waals surface area contributed by atoms with E-state index >= 15 is 0 Å². The van der Waals surface area contributed by atoms with Crippen LogP contribution in [0, 0.1) is 18.8 Å². The second-order valence-corrected chi connectivity index (χ2v) is 7.99. The van der Waals surface area contributed by atoms with Gasteiger partial charge in [0.05, 0.1) is 18.2 Å². The zero-order valence-corrected chi connectivity index (χ0v) is 16.5. The first-order valence-corrected chi connectivity index (χ1v) is 10.1. The number of fused-ring (bicyclic) bond motifs is 1. The molecule has 2 amide bonds. The van der Waals surface area contributed by atoms with Crippen LogP contribution in [0.3, 0.4) is 0 Å². The van der Waals surface area contributed by atoms with Crippen LogP contribution in [0.2, 0.25) is 0 Å². The second kappa shape index (κ2) is 7.78. The van der Waals surface area contributed by atoms with Gasteiger partial charge in [0, 0.05) is 44.0 Å². The highest BCUT2D eigenvalue weighted by Gasteiger charge is 2.49. The third-order valence-corrected chi connectivity index (χ3v) is 5.94. The molecule has 148 valence electrons. The van der Waals surface area contributed by atoms with E-state index in [0.29, 0.717) is 31.2 Å². The summed E-state index contributed by atoms with van der Waals surface area (Å²) in [6, 6.07) is 12.1. The van der Waals surface area contributed by atoms with Crippen LogP contribution in [0.5, 0.6) is 0 Å². The molecule has 1 aromatic heterocycles. The largest absolute Gasteiger partial charge is 0.361 e. The Morgan fingerprint density at radius 3 is 2.61 bits per heavy atom. The van der Waals surface area contributed by atoms with E-state index in [9.17, 15) is 9.59 Å². The lowest BCUT2D eigenvalue weighted by molar-refractivity contribution is -0.133. The molecule has 3 atom stereocenters. The van der Waals surface area contributed by atoms with Gasteiger partial charge in [-0.1, -0.05) is 42.4 Å². The fourth-order valence-corrected chi connectivity index (χ4v) is 4.70. The Balaban J connectivity index is 1.51.